The number of halogens is 3. The molecule has 0 N–H and O–H groups in total. The predicted octanol–water partition coefficient (Wildman–Crippen LogP) is 7.87. The summed E-state index contributed by atoms with van der Waals surface area (Å²) in [6, 6.07) is 3.61. The smallest absolute Gasteiger partial charge is 0.162 e. The van der Waals surface area contributed by atoms with Gasteiger partial charge in [0.05, 0.1) is 5.83 Å². The topological polar surface area (TPSA) is 0 Å². The molecule has 2 fully saturated rings. The molecule has 0 heterocycles. The summed E-state index contributed by atoms with van der Waals surface area (Å²) in [5.74, 6) is 0.325. The molecule has 2 aliphatic rings. The van der Waals surface area contributed by atoms with Crippen LogP contribution in [0.4, 0.5) is 13.2 Å². The Labute approximate surface area is 162 Å². The minimum Gasteiger partial charge on any atom is -0.212 e. The van der Waals surface area contributed by atoms with E-state index < -0.39 is 11.6 Å². The first-order valence-corrected chi connectivity index (χ1v) is 10.7. The lowest BCUT2D eigenvalue weighted by atomic mass is 9.78. The average molecular weight is 379 g/mol. The molecule has 1 aromatic carbocycles. The van der Waals surface area contributed by atoms with Gasteiger partial charge >= 0.3 is 0 Å². The fourth-order valence-electron chi connectivity index (χ4n) is 5.01. The summed E-state index contributed by atoms with van der Waals surface area (Å²) in [4.78, 5) is 0. The molecule has 27 heavy (non-hydrogen) atoms. The highest BCUT2D eigenvalue weighted by atomic mass is 19.2. The van der Waals surface area contributed by atoms with Crippen LogP contribution in [0.15, 0.2) is 24.0 Å². The molecule has 0 nitrogen and oxygen atoms in total. The molecule has 0 aromatic heterocycles. The normalized spacial score (nSPS) is 29.7. The highest BCUT2D eigenvalue weighted by Gasteiger charge is 2.26. The van der Waals surface area contributed by atoms with Crippen LogP contribution in [0, 0.1) is 29.4 Å². The summed E-state index contributed by atoms with van der Waals surface area (Å²) in [5, 5.41) is 0. The quantitative estimate of drug-likeness (QED) is 0.489. The lowest BCUT2D eigenvalue weighted by Crippen LogP contribution is -2.15. The highest BCUT2D eigenvalue weighted by molar-refractivity contribution is 5.29. The Balaban J connectivity index is 1.59. The zero-order chi connectivity index (χ0) is 19.4. The molecule has 1 aromatic rings. The van der Waals surface area contributed by atoms with E-state index in [1.54, 1.807) is 18.2 Å². The van der Waals surface area contributed by atoms with Crippen molar-refractivity contribution in [3.05, 3.63) is 46.8 Å². The molecule has 0 spiro atoms. The molecule has 0 aliphatic heterocycles. The van der Waals surface area contributed by atoms with Crippen LogP contribution in [0.5, 0.6) is 0 Å². The van der Waals surface area contributed by atoms with Gasteiger partial charge in [0.1, 0.15) is 0 Å². The zero-order valence-electron chi connectivity index (χ0n) is 16.7. The third-order valence-electron chi connectivity index (χ3n) is 6.83. The molecule has 3 rings (SSSR count). The van der Waals surface area contributed by atoms with Crippen molar-refractivity contribution in [2.24, 2.45) is 17.8 Å². The van der Waals surface area contributed by atoms with Crippen LogP contribution in [0.25, 0.3) is 0 Å². The van der Waals surface area contributed by atoms with Crippen molar-refractivity contribution in [3.63, 3.8) is 0 Å². The van der Waals surface area contributed by atoms with Gasteiger partial charge < -0.3 is 0 Å². The van der Waals surface area contributed by atoms with Gasteiger partial charge in [0, 0.05) is 0 Å². The molecule has 150 valence electrons. The Morgan fingerprint density at radius 1 is 0.963 bits per heavy atom. The van der Waals surface area contributed by atoms with Crippen LogP contribution < -0.4 is 0 Å². The summed E-state index contributed by atoms with van der Waals surface area (Å²) in [5.41, 5.74) is 1.04. The third-order valence-corrected chi connectivity index (χ3v) is 6.83. The molecule has 2 aliphatic carbocycles. The Morgan fingerprint density at radius 2 is 1.63 bits per heavy atom. The molecule has 0 amide bonds. The number of hydrogen-bond donors (Lipinski definition) is 0. The zero-order valence-corrected chi connectivity index (χ0v) is 16.7. The average Bonchev–Trinajstić information content (AvgIpc) is 2.65. The van der Waals surface area contributed by atoms with E-state index in [1.165, 1.54) is 32.6 Å². The number of benzene rings is 1. The second kappa shape index (κ2) is 9.30. The Bertz CT molecular complexity index is 644. The number of allylic oxidation sites excluding steroid dienone is 2. The van der Waals surface area contributed by atoms with E-state index in [4.69, 9.17) is 0 Å². The summed E-state index contributed by atoms with van der Waals surface area (Å²) >= 11 is 0. The summed E-state index contributed by atoms with van der Waals surface area (Å²) < 4.78 is 42.4. The van der Waals surface area contributed by atoms with Crippen molar-refractivity contribution < 1.29 is 13.2 Å². The van der Waals surface area contributed by atoms with Crippen LogP contribution in [0.2, 0.25) is 0 Å². The standard InChI is InChI=1S/C24H33F3/c1-16-3-5-18(6-4-16)7-12-21-13-14-22(24(27)23(21)26)20-10-8-19(9-11-20)15-17(2)25/h13-16,18-20H,3-12H2,1-2H3/b17-15-. The van der Waals surface area contributed by atoms with Crippen molar-refractivity contribution >= 4 is 0 Å². The van der Waals surface area contributed by atoms with E-state index >= 15 is 0 Å². The first-order chi connectivity index (χ1) is 12.9. The van der Waals surface area contributed by atoms with Gasteiger partial charge in [-0.3, -0.25) is 0 Å². The SMILES string of the molecule is C/C(F)=C/C1CCC(c2ccc(CCC3CCC(C)CC3)c(F)c2F)CC1. The minimum atomic E-state index is -0.648. The molecular formula is C24H33F3. The van der Waals surface area contributed by atoms with Crippen LogP contribution >= 0.6 is 0 Å². The fourth-order valence-corrected chi connectivity index (χ4v) is 5.01. The first kappa shape index (κ1) is 20.5. The van der Waals surface area contributed by atoms with E-state index in [0.29, 0.717) is 23.5 Å². The van der Waals surface area contributed by atoms with E-state index in [1.807, 2.05) is 0 Å². The molecule has 2 saturated carbocycles. The van der Waals surface area contributed by atoms with Crippen molar-refractivity contribution in [2.45, 2.75) is 84.0 Å². The van der Waals surface area contributed by atoms with E-state index in [9.17, 15) is 13.2 Å². The highest BCUT2D eigenvalue weighted by Crippen LogP contribution is 2.39. The van der Waals surface area contributed by atoms with Gasteiger partial charge in [-0.15, -0.1) is 0 Å². The van der Waals surface area contributed by atoms with Gasteiger partial charge in [0.15, 0.2) is 11.6 Å². The second-order valence-corrected chi connectivity index (χ2v) is 8.97. The molecule has 0 atom stereocenters. The van der Waals surface area contributed by atoms with Gasteiger partial charge in [-0.05, 0) is 80.2 Å². The van der Waals surface area contributed by atoms with E-state index in [-0.39, 0.29) is 17.7 Å². The molecule has 3 heteroatoms. The van der Waals surface area contributed by atoms with Crippen LogP contribution in [-0.4, -0.2) is 0 Å². The Hall–Kier alpha value is -1.25. The van der Waals surface area contributed by atoms with Gasteiger partial charge in [0.2, 0.25) is 0 Å². The fraction of sp³-hybridized carbons (Fsp3) is 0.667. The Kier molecular flexibility index (Phi) is 7.05. The van der Waals surface area contributed by atoms with Crippen LogP contribution in [-0.2, 0) is 6.42 Å². The maximum atomic E-state index is 14.7. The summed E-state index contributed by atoms with van der Waals surface area (Å²) in [6.07, 6.45) is 11.5. The first-order valence-electron chi connectivity index (χ1n) is 10.7. The van der Waals surface area contributed by atoms with Gasteiger partial charge in [-0.2, -0.15) is 0 Å². The van der Waals surface area contributed by atoms with Gasteiger partial charge in [0.25, 0.3) is 0 Å². The predicted molar refractivity (Wildman–Crippen MR) is 105 cm³/mol. The number of aryl methyl sites for hydroxylation is 1. The molecular weight excluding hydrogens is 345 g/mol. The van der Waals surface area contributed by atoms with Crippen molar-refractivity contribution in [1.82, 2.24) is 0 Å². The minimum absolute atomic E-state index is 0.0537. The van der Waals surface area contributed by atoms with E-state index in [2.05, 4.69) is 6.92 Å². The molecule has 0 unspecified atom stereocenters. The summed E-state index contributed by atoms with van der Waals surface area (Å²) in [6.45, 7) is 3.76. The van der Waals surface area contributed by atoms with Crippen molar-refractivity contribution in [3.8, 4) is 0 Å². The Morgan fingerprint density at radius 3 is 2.26 bits per heavy atom. The number of rotatable bonds is 5. The van der Waals surface area contributed by atoms with Crippen LogP contribution in [0.3, 0.4) is 0 Å². The molecule has 0 saturated heterocycles. The monoisotopic (exact) mass is 378 g/mol. The summed E-state index contributed by atoms with van der Waals surface area (Å²) in [7, 11) is 0. The maximum absolute atomic E-state index is 14.7. The van der Waals surface area contributed by atoms with E-state index in [0.717, 1.165) is 38.0 Å². The lowest BCUT2D eigenvalue weighted by Gasteiger charge is -2.28. The van der Waals surface area contributed by atoms with Gasteiger partial charge in [-0.1, -0.05) is 50.8 Å². The number of hydrogen-bond acceptors (Lipinski definition) is 0. The third kappa shape index (κ3) is 5.39. The largest absolute Gasteiger partial charge is 0.212 e. The van der Waals surface area contributed by atoms with Crippen LogP contribution in [0.1, 0.15) is 88.7 Å². The maximum Gasteiger partial charge on any atom is 0.162 e. The molecule has 0 bridgehead atoms. The van der Waals surface area contributed by atoms with Crippen molar-refractivity contribution in [1.29, 1.82) is 0 Å². The molecule has 0 radical (unpaired) electrons. The lowest BCUT2D eigenvalue weighted by molar-refractivity contribution is 0.277. The van der Waals surface area contributed by atoms with Gasteiger partial charge in [-0.25, -0.2) is 13.2 Å². The van der Waals surface area contributed by atoms with Crippen molar-refractivity contribution in [2.75, 3.05) is 0 Å². The second-order valence-electron chi connectivity index (χ2n) is 8.97.